The molecule has 1 aliphatic heterocycles. The third-order valence-corrected chi connectivity index (χ3v) is 6.30. The summed E-state index contributed by atoms with van der Waals surface area (Å²) in [6.07, 6.45) is 1.65. The van der Waals surface area contributed by atoms with Gasteiger partial charge in [0.25, 0.3) is 6.01 Å². The molecule has 1 aromatic heterocycles. The van der Waals surface area contributed by atoms with E-state index in [9.17, 15) is 4.79 Å². The summed E-state index contributed by atoms with van der Waals surface area (Å²) >= 11 is 12.3. The largest absolute Gasteiger partial charge is 0.464 e. The summed E-state index contributed by atoms with van der Waals surface area (Å²) in [7, 11) is 0. The van der Waals surface area contributed by atoms with E-state index in [0.717, 1.165) is 29.4 Å². The zero-order valence-electron chi connectivity index (χ0n) is 19.2. The Hall–Kier alpha value is -2.44. The van der Waals surface area contributed by atoms with Gasteiger partial charge in [-0.3, -0.25) is 4.57 Å². The first kappa shape index (κ1) is 23.7. The van der Waals surface area contributed by atoms with Crippen LogP contribution in [0.5, 0.6) is 6.01 Å². The van der Waals surface area contributed by atoms with Gasteiger partial charge in [-0.15, -0.1) is 0 Å². The molecule has 0 saturated carbocycles. The van der Waals surface area contributed by atoms with Crippen molar-refractivity contribution >= 4 is 40.3 Å². The fourth-order valence-electron chi connectivity index (χ4n) is 4.02. The van der Waals surface area contributed by atoms with E-state index in [4.69, 9.17) is 37.7 Å². The molecule has 2 heterocycles. The van der Waals surface area contributed by atoms with E-state index in [1.807, 2.05) is 61.7 Å². The normalized spacial score (nSPS) is 16.8. The quantitative estimate of drug-likeness (QED) is 0.414. The molecule has 0 N–H and O–H groups in total. The van der Waals surface area contributed by atoms with Crippen molar-refractivity contribution in [1.82, 2.24) is 14.5 Å². The number of piperidine rings is 1. The highest BCUT2D eigenvalue weighted by Gasteiger charge is 2.28. The number of carbonyl (C=O) groups excluding carboxylic acids is 1. The Morgan fingerprint density at radius 2 is 1.94 bits per heavy atom. The van der Waals surface area contributed by atoms with Gasteiger partial charge in [0.2, 0.25) is 0 Å². The maximum absolute atomic E-state index is 12.5. The summed E-state index contributed by atoms with van der Waals surface area (Å²) in [6.45, 7) is 8.00. The van der Waals surface area contributed by atoms with Gasteiger partial charge >= 0.3 is 6.09 Å². The lowest BCUT2D eigenvalue weighted by atomic mass is 9.99. The molecular weight excluding hydrogens is 461 g/mol. The minimum atomic E-state index is -0.504. The molecule has 4 rings (SSSR count). The van der Waals surface area contributed by atoms with Crippen LogP contribution in [0.2, 0.25) is 10.0 Å². The number of carbonyl (C=O) groups is 1. The Balaban J connectivity index is 1.49. The zero-order chi connectivity index (χ0) is 23.6. The van der Waals surface area contributed by atoms with Gasteiger partial charge in [0, 0.05) is 19.0 Å². The highest BCUT2D eigenvalue weighted by molar-refractivity contribution is 6.42. The van der Waals surface area contributed by atoms with Crippen LogP contribution < -0.4 is 4.74 Å². The smallest absolute Gasteiger partial charge is 0.410 e. The molecule has 8 heteroatoms. The van der Waals surface area contributed by atoms with Crippen molar-refractivity contribution in [3.63, 3.8) is 0 Å². The molecule has 1 unspecified atom stereocenters. The lowest BCUT2D eigenvalue weighted by molar-refractivity contribution is 0.0136. The minimum absolute atomic E-state index is 0.213. The fourth-order valence-corrected chi connectivity index (χ4v) is 4.34. The molecule has 0 radical (unpaired) electrons. The van der Waals surface area contributed by atoms with Gasteiger partial charge in [0.05, 0.1) is 34.2 Å². The molecule has 3 aromatic rings. The van der Waals surface area contributed by atoms with Crippen LogP contribution in [0.1, 0.15) is 39.2 Å². The first-order valence-electron chi connectivity index (χ1n) is 11.2. The summed E-state index contributed by atoms with van der Waals surface area (Å²) < 4.78 is 13.8. The summed E-state index contributed by atoms with van der Waals surface area (Å²) in [5.41, 5.74) is 2.35. The number of fused-ring (bicyclic) bond motifs is 1. The molecular formula is C25H29Cl2N3O3. The maximum Gasteiger partial charge on any atom is 0.410 e. The molecule has 0 bridgehead atoms. The van der Waals surface area contributed by atoms with Crippen LogP contribution >= 0.6 is 23.2 Å². The number of hydrogen-bond acceptors (Lipinski definition) is 4. The minimum Gasteiger partial charge on any atom is -0.464 e. The van der Waals surface area contributed by atoms with Crippen LogP contribution in [0.4, 0.5) is 4.79 Å². The monoisotopic (exact) mass is 489 g/mol. The van der Waals surface area contributed by atoms with Crippen molar-refractivity contribution in [3.05, 3.63) is 58.1 Å². The van der Waals surface area contributed by atoms with E-state index in [2.05, 4.69) is 0 Å². The fraction of sp³-hybridized carbons (Fsp3) is 0.440. The molecule has 1 atom stereocenters. The molecule has 0 spiro atoms. The van der Waals surface area contributed by atoms with Crippen LogP contribution in [-0.4, -0.2) is 45.8 Å². The zero-order valence-corrected chi connectivity index (χ0v) is 20.7. The Labute approximate surface area is 204 Å². The van der Waals surface area contributed by atoms with Crippen molar-refractivity contribution in [2.75, 3.05) is 19.7 Å². The lowest BCUT2D eigenvalue weighted by Gasteiger charge is -2.33. The molecule has 2 aromatic carbocycles. The van der Waals surface area contributed by atoms with Gasteiger partial charge in [-0.2, -0.15) is 4.98 Å². The molecule has 1 amide bonds. The van der Waals surface area contributed by atoms with Crippen molar-refractivity contribution < 1.29 is 14.3 Å². The first-order chi connectivity index (χ1) is 15.7. The van der Waals surface area contributed by atoms with Crippen molar-refractivity contribution in [3.8, 4) is 6.01 Å². The van der Waals surface area contributed by atoms with Crippen molar-refractivity contribution in [2.45, 2.75) is 45.8 Å². The van der Waals surface area contributed by atoms with E-state index in [0.29, 0.717) is 42.3 Å². The lowest BCUT2D eigenvalue weighted by Crippen LogP contribution is -2.44. The maximum atomic E-state index is 12.5. The van der Waals surface area contributed by atoms with Gasteiger partial charge in [0.1, 0.15) is 5.60 Å². The number of halogens is 2. The number of hydrogen-bond donors (Lipinski definition) is 0. The van der Waals surface area contributed by atoms with Crippen LogP contribution in [0.25, 0.3) is 11.0 Å². The van der Waals surface area contributed by atoms with Crippen LogP contribution in [0.15, 0.2) is 42.5 Å². The van der Waals surface area contributed by atoms with Gasteiger partial charge in [-0.05, 0) is 63.4 Å². The second-order valence-electron chi connectivity index (χ2n) is 9.46. The van der Waals surface area contributed by atoms with Crippen molar-refractivity contribution in [2.24, 2.45) is 5.92 Å². The van der Waals surface area contributed by atoms with Crippen LogP contribution in [0, 0.1) is 5.92 Å². The predicted octanol–water partition coefficient (Wildman–Crippen LogP) is 6.42. The molecule has 1 aliphatic rings. The molecule has 0 aliphatic carbocycles. The standard InChI is InChI=1S/C25H29Cl2N3O3/c1-25(2,3)33-24(31)29-12-6-7-18(14-29)16-32-23-28-21-8-4-5-9-22(21)30(23)15-17-10-11-19(26)20(27)13-17/h4-5,8-11,13,18H,6-7,12,14-16H2,1-3H3. The number of ether oxygens (including phenoxy) is 2. The van der Waals surface area contributed by atoms with E-state index in [1.54, 1.807) is 11.0 Å². The van der Waals surface area contributed by atoms with Gasteiger partial charge in [-0.1, -0.05) is 41.4 Å². The van der Waals surface area contributed by atoms with E-state index in [1.165, 1.54) is 0 Å². The van der Waals surface area contributed by atoms with Crippen molar-refractivity contribution in [1.29, 1.82) is 0 Å². The third kappa shape index (κ3) is 5.92. The SMILES string of the molecule is CC(C)(C)OC(=O)N1CCCC(COc2nc3ccccc3n2Cc2ccc(Cl)c(Cl)c2)C1. The summed E-state index contributed by atoms with van der Waals surface area (Å²) in [5.74, 6) is 0.213. The van der Waals surface area contributed by atoms with Crippen LogP contribution in [-0.2, 0) is 11.3 Å². The Bertz CT molecular complexity index is 1140. The number of para-hydroxylation sites is 2. The molecule has 6 nitrogen and oxygen atoms in total. The highest BCUT2D eigenvalue weighted by atomic mass is 35.5. The number of nitrogens with zero attached hydrogens (tertiary/aromatic N) is 3. The first-order valence-corrected chi connectivity index (χ1v) is 11.9. The molecule has 1 saturated heterocycles. The van der Waals surface area contributed by atoms with Gasteiger partial charge in [0.15, 0.2) is 0 Å². The molecule has 1 fully saturated rings. The van der Waals surface area contributed by atoms with Gasteiger partial charge < -0.3 is 14.4 Å². The van der Waals surface area contributed by atoms with Crippen LogP contribution in [0.3, 0.4) is 0 Å². The Morgan fingerprint density at radius 1 is 1.15 bits per heavy atom. The van der Waals surface area contributed by atoms with E-state index < -0.39 is 5.60 Å². The number of likely N-dealkylation sites (tertiary alicyclic amines) is 1. The topological polar surface area (TPSA) is 56.6 Å². The number of benzene rings is 2. The average Bonchev–Trinajstić information content (AvgIpc) is 3.11. The highest BCUT2D eigenvalue weighted by Crippen LogP contribution is 2.27. The second kappa shape index (κ2) is 9.82. The number of aromatic nitrogens is 2. The second-order valence-corrected chi connectivity index (χ2v) is 10.3. The Morgan fingerprint density at radius 3 is 2.70 bits per heavy atom. The molecule has 33 heavy (non-hydrogen) atoms. The predicted molar refractivity (Wildman–Crippen MR) is 131 cm³/mol. The summed E-state index contributed by atoms with van der Waals surface area (Å²) in [5, 5.41) is 1.05. The van der Waals surface area contributed by atoms with E-state index in [-0.39, 0.29) is 12.0 Å². The third-order valence-electron chi connectivity index (χ3n) is 5.56. The number of imidazole rings is 1. The number of amides is 1. The van der Waals surface area contributed by atoms with Gasteiger partial charge in [-0.25, -0.2) is 4.79 Å². The summed E-state index contributed by atoms with van der Waals surface area (Å²) in [4.78, 5) is 19.0. The Kier molecular flexibility index (Phi) is 7.05. The number of rotatable bonds is 5. The average molecular weight is 490 g/mol. The summed E-state index contributed by atoms with van der Waals surface area (Å²) in [6, 6.07) is 14.1. The van der Waals surface area contributed by atoms with E-state index >= 15 is 0 Å². The molecule has 176 valence electrons.